The largest absolute Gasteiger partial charge is 0.477 e. The minimum absolute atomic E-state index is 0.0548. The van der Waals surface area contributed by atoms with Gasteiger partial charge in [0.15, 0.2) is 0 Å². The molecule has 98 valence electrons. The highest BCUT2D eigenvalue weighted by molar-refractivity contribution is 5.93. The van der Waals surface area contributed by atoms with Crippen molar-refractivity contribution in [2.24, 2.45) is 0 Å². The zero-order valence-corrected chi connectivity index (χ0v) is 9.87. The number of aromatic carboxylic acids is 1. The summed E-state index contributed by atoms with van der Waals surface area (Å²) in [4.78, 5) is 13.5. The average Bonchev–Trinajstić information content (AvgIpc) is 2.81. The number of carboxylic acids is 1. The van der Waals surface area contributed by atoms with E-state index in [4.69, 9.17) is 10.4 Å². The number of aromatic nitrogens is 1. The number of benzene rings is 1. The molecule has 6 nitrogen and oxygen atoms in total. The van der Waals surface area contributed by atoms with Crippen molar-refractivity contribution in [2.45, 2.75) is 18.6 Å². The topological polar surface area (TPSA) is 117 Å². The number of carbonyl (C=O) groups is 1. The van der Waals surface area contributed by atoms with E-state index in [2.05, 4.69) is 4.98 Å². The molecular weight excluding hydrogens is 248 g/mol. The summed E-state index contributed by atoms with van der Waals surface area (Å²) in [7, 11) is 0. The zero-order chi connectivity index (χ0) is 14.0. The first-order valence-corrected chi connectivity index (χ1v) is 5.62. The van der Waals surface area contributed by atoms with Crippen molar-refractivity contribution in [3.05, 3.63) is 35.5 Å². The normalized spacial score (nSPS) is 13.9. The molecule has 0 bridgehead atoms. The van der Waals surface area contributed by atoms with Crippen molar-refractivity contribution in [3.8, 4) is 6.07 Å². The van der Waals surface area contributed by atoms with Gasteiger partial charge in [0.25, 0.3) is 0 Å². The number of nitriles is 1. The molecule has 0 saturated heterocycles. The minimum Gasteiger partial charge on any atom is -0.477 e. The van der Waals surface area contributed by atoms with Crippen molar-refractivity contribution in [2.75, 3.05) is 0 Å². The molecule has 2 rings (SSSR count). The third kappa shape index (κ3) is 2.57. The Kier molecular flexibility index (Phi) is 3.51. The van der Waals surface area contributed by atoms with Crippen LogP contribution in [0.1, 0.15) is 28.6 Å². The summed E-state index contributed by atoms with van der Waals surface area (Å²) >= 11 is 0. The van der Waals surface area contributed by atoms with Crippen LogP contribution in [0.5, 0.6) is 0 Å². The number of rotatable bonds is 4. The minimum atomic E-state index is -1.18. The predicted octanol–water partition coefficient (Wildman–Crippen LogP) is 1.17. The van der Waals surface area contributed by atoms with E-state index in [-0.39, 0.29) is 12.1 Å². The van der Waals surface area contributed by atoms with E-state index >= 15 is 0 Å². The molecule has 2 aromatic rings. The van der Waals surface area contributed by atoms with Gasteiger partial charge in [-0.25, -0.2) is 4.79 Å². The van der Waals surface area contributed by atoms with Crippen molar-refractivity contribution in [3.63, 3.8) is 0 Å². The maximum absolute atomic E-state index is 10.8. The molecular formula is C13H12N2O4. The van der Waals surface area contributed by atoms with E-state index < -0.39 is 18.2 Å². The number of H-pyrrole nitrogens is 1. The van der Waals surface area contributed by atoms with E-state index in [1.807, 2.05) is 0 Å². The lowest BCUT2D eigenvalue weighted by Gasteiger charge is -2.15. The number of nitrogens with one attached hydrogen (secondary N) is 1. The Labute approximate surface area is 108 Å². The van der Waals surface area contributed by atoms with Crippen molar-refractivity contribution in [1.29, 1.82) is 5.26 Å². The highest BCUT2D eigenvalue weighted by Gasteiger charge is 2.19. The number of aromatic amines is 1. The summed E-state index contributed by atoms with van der Waals surface area (Å²) in [6.45, 7) is 0. The maximum Gasteiger partial charge on any atom is 0.352 e. The summed E-state index contributed by atoms with van der Waals surface area (Å²) in [5.41, 5.74) is 1.03. The molecule has 0 aliphatic heterocycles. The standard InChI is InChI=1S/C13H12N2O4/c14-4-3-11(16)12(17)8-2-1-7-5-10(13(18)19)15-9(7)6-8/h1-2,5-6,11-12,15-17H,3H2,(H,18,19). The van der Waals surface area contributed by atoms with E-state index in [0.717, 1.165) is 0 Å². The fourth-order valence-corrected chi connectivity index (χ4v) is 1.87. The quantitative estimate of drug-likeness (QED) is 0.658. The first kappa shape index (κ1) is 13.1. The zero-order valence-electron chi connectivity index (χ0n) is 9.87. The molecule has 0 aliphatic rings. The van der Waals surface area contributed by atoms with Crippen LogP contribution >= 0.6 is 0 Å². The predicted molar refractivity (Wildman–Crippen MR) is 66.5 cm³/mol. The fourth-order valence-electron chi connectivity index (χ4n) is 1.87. The third-order valence-corrected chi connectivity index (χ3v) is 2.88. The average molecular weight is 260 g/mol. The second kappa shape index (κ2) is 5.10. The van der Waals surface area contributed by atoms with Gasteiger partial charge < -0.3 is 20.3 Å². The van der Waals surface area contributed by atoms with E-state index in [1.54, 1.807) is 24.3 Å². The van der Waals surface area contributed by atoms with Crippen LogP contribution in [0, 0.1) is 11.3 Å². The fraction of sp³-hybridized carbons (Fsp3) is 0.231. The molecule has 1 aromatic heterocycles. The number of aliphatic hydroxyl groups excluding tert-OH is 2. The first-order valence-electron chi connectivity index (χ1n) is 5.62. The van der Waals surface area contributed by atoms with E-state index in [1.165, 1.54) is 6.07 Å². The molecule has 0 saturated carbocycles. The van der Waals surface area contributed by atoms with Gasteiger partial charge in [-0.1, -0.05) is 12.1 Å². The molecule has 1 aromatic carbocycles. The van der Waals surface area contributed by atoms with Crippen LogP contribution in [0.25, 0.3) is 10.9 Å². The molecule has 19 heavy (non-hydrogen) atoms. The number of hydrogen-bond donors (Lipinski definition) is 4. The van der Waals surface area contributed by atoms with E-state index in [9.17, 15) is 15.0 Å². The van der Waals surface area contributed by atoms with Crippen molar-refractivity contribution < 1.29 is 20.1 Å². The lowest BCUT2D eigenvalue weighted by atomic mass is 10.0. The molecule has 0 aliphatic carbocycles. The summed E-state index contributed by atoms with van der Waals surface area (Å²) in [5.74, 6) is -1.07. The number of carboxylic acid groups (broad SMARTS) is 1. The highest BCUT2D eigenvalue weighted by atomic mass is 16.4. The van der Waals surface area contributed by atoms with Crippen molar-refractivity contribution in [1.82, 2.24) is 4.98 Å². The van der Waals surface area contributed by atoms with Crippen LogP contribution in [-0.4, -0.2) is 32.4 Å². The van der Waals surface area contributed by atoms with Crippen molar-refractivity contribution >= 4 is 16.9 Å². The monoisotopic (exact) mass is 260 g/mol. The lowest BCUT2D eigenvalue weighted by Crippen LogP contribution is -2.17. The Bertz CT molecular complexity index is 656. The van der Waals surface area contributed by atoms with Gasteiger partial charge in [-0.2, -0.15) is 5.26 Å². The summed E-state index contributed by atoms with van der Waals surface area (Å²) < 4.78 is 0. The molecule has 0 spiro atoms. The number of nitrogens with zero attached hydrogens (tertiary/aromatic N) is 1. The maximum atomic E-state index is 10.8. The Balaban J connectivity index is 2.36. The molecule has 1 heterocycles. The van der Waals surface area contributed by atoms with Gasteiger partial charge in [-0.15, -0.1) is 0 Å². The Hall–Kier alpha value is -2.36. The number of hydrogen-bond acceptors (Lipinski definition) is 4. The van der Waals surface area contributed by atoms with Gasteiger partial charge >= 0.3 is 5.97 Å². The van der Waals surface area contributed by atoms with Gasteiger partial charge in [0, 0.05) is 10.9 Å². The highest BCUT2D eigenvalue weighted by Crippen LogP contribution is 2.24. The van der Waals surface area contributed by atoms with Gasteiger partial charge in [0.2, 0.25) is 0 Å². The molecule has 0 amide bonds. The van der Waals surface area contributed by atoms with Gasteiger partial charge in [0.05, 0.1) is 18.6 Å². The lowest BCUT2D eigenvalue weighted by molar-refractivity contribution is 0.0217. The van der Waals surface area contributed by atoms with Crippen LogP contribution in [-0.2, 0) is 0 Å². The number of fused-ring (bicyclic) bond motifs is 1. The van der Waals surface area contributed by atoms with Gasteiger partial charge in [-0.05, 0) is 17.7 Å². The summed E-state index contributed by atoms with van der Waals surface area (Å²) in [5, 5.41) is 37.5. The second-order valence-electron chi connectivity index (χ2n) is 4.21. The summed E-state index contributed by atoms with van der Waals surface area (Å²) in [6.07, 6.45) is -2.53. The Morgan fingerprint density at radius 3 is 2.74 bits per heavy atom. The molecule has 2 atom stereocenters. The molecule has 4 N–H and O–H groups in total. The van der Waals surface area contributed by atoms with Crippen LogP contribution < -0.4 is 0 Å². The van der Waals surface area contributed by atoms with Gasteiger partial charge in [0.1, 0.15) is 11.8 Å². The Morgan fingerprint density at radius 1 is 1.37 bits per heavy atom. The van der Waals surface area contributed by atoms with Crippen LogP contribution in [0.4, 0.5) is 0 Å². The smallest absolute Gasteiger partial charge is 0.352 e. The first-order chi connectivity index (χ1) is 9.02. The van der Waals surface area contributed by atoms with Crippen LogP contribution in [0.3, 0.4) is 0 Å². The second-order valence-corrected chi connectivity index (χ2v) is 4.21. The summed E-state index contributed by atoms with van der Waals surface area (Å²) in [6, 6.07) is 8.07. The molecule has 0 fully saturated rings. The van der Waals surface area contributed by atoms with E-state index in [0.29, 0.717) is 16.5 Å². The van der Waals surface area contributed by atoms with Gasteiger partial charge in [-0.3, -0.25) is 0 Å². The third-order valence-electron chi connectivity index (χ3n) is 2.88. The molecule has 2 unspecified atom stereocenters. The molecule has 0 radical (unpaired) electrons. The Morgan fingerprint density at radius 2 is 2.11 bits per heavy atom. The van der Waals surface area contributed by atoms with Crippen LogP contribution in [0.2, 0.25) is 0 Å². The number of aliphatic hydroxyl groups is 2. The molecule has 6 heteroatoms. The SMILES string of the molecule is N#CCC(O)C(O)c1ccc2cc(C(=O)O)[nH]c2c1. The van der Waals surface area contributed by atoms with Crippen LogP contribution in [0.15, 0.2) is 24.3 Å².